The summed E-state index contributed by atoms with van der Waals surface area (Å²) in [6, 6.07) is 4.46. The number of ether oxygens (including phenoxy) is 1. The van der Waals surface area contributed by atoms with E-state index in [-0.39, 0.29) is 16.4 Å². The van der Waals surface area contributed by atoms with Crippen LogP contribution in [0, 0.1) is 5.92 Å². The van der Waals surface area contributed by atoms with Crippen LogP contribution < -0.4 is 9.64 Å². The van der Waals surface area contributed by atoms with Crippen molar-refractivity contribution in [3.8, 4) is 5.75 Å². The van der Waals surface area contributed by atoms with Crippen molar-refractivity contribution in [2.75, 3.05) is 18.6 Å². The van der Waals surface area contributed by atoms with Crippen molar-refractivity contribution in [2.24, 2.45) is 5.92 Å². The molecule has 1 aromatic carbocycles. The van der Waals surface area contributed by atoms with Gasteiger partial charge in [0.2, 0.25) is 5.95 Å². The summed E-state index contributed by atoms with van der Waals surface area (Å²) in [5, 5.41) is 9.18. The van der Waals surface area contributed by atoms with Gasteiger partial charge < -0.3 is 14.7 Å². The van der Waals surface area contributed by atoms with Gasteiger partial charge in [-0.05, 0) is 52.8 Å². The minimum Gasteiger partial charge on any atom is -0.491 e. The number of carboxylic acid groups (broad SMARTS) is 1. The lowest BCUT2D eigenvalue weighted by molar-refractivity contribution is 0.0696. The largest absolute Gasteiger partial charge is 0.491 e. The maximum absolute atomic E-state index is 11.2. The summed E-state index contributed by atoms with van der Waals surface area (Å²) in [5.74, 6) is 0.769. The fourth-order valence-electron chi connectivity index (χ4n) is 4.86. The second-order valence-electron chi connectivity index (χ2n) is 10.6. The highest BCUT2D eigenvalue weighted by molar-refractivity contribution is 5.87. The van der Waals surface area contributed by atoms with Crippen LogP contribution in [0.1, 0.15) is 95.1 Å². The molecule has 180 valence electrons. The Kier molecular flexibility index (Phi) is 7.35. The predicted octanol–water partition coefficient (Wildman–Crippen LogP) is 6.50. The first-order valence-electron chi connectivity index (χ1n) is 12.1. The van der Waals surface area contributed by atoms with Crippen molar-refractivity contribution in [1.82, 2.24) is 9.97 Å². The summed E-state index contributed by atoms with van der Waals surface area (Å²) in [7, 11) is 1.91. The Morgan fingerprint density at radius 3 is 2.39 bits per heavy atom. The second kappa shape index (κ2) is 9.70. The Bertz CT molecular complexity index is 983. The molecule has 0 saturated carbocycles. The first-order chi connectivity index (χ1) is 15.5. The molecule has 0 spiro atoms. The molecule has 1 aliphatic carbocycles. The van der Waals surface area contributed by atoms with E-state index in [0.29, 0.717) is 18.5 Å². The van der Waals surface area contributed by atoms with E-state index in [2.05, 4.69) is 63.6 Å². The van der Waals surface area contributed by atoms with E-state index in [1.165, 1.54) is 36.4 Å². The maximum Gasteiger partial charge on any atom is 0.338 e. The van der Waals surface area contributed by atoms with Gasteiger partial charge in [-0.2, -0.15) is 0 Å². The quantitative estimate of drug-likeness (QED) is 0.437. The molecule has 1 unspecified atom stereocenters. The lowest BCUT2D eigenvalue weighted by atomic mass is 9.58. The number of rotatable bonds is 9. The van der Waals surface area contributed by atoms with Crippen LogP contribution >= 0.6 is 0 Å². The number of carboxylic acids is 1. The lowest BCUT2D eigenvalue weighted by Gasteiger charge is -2.47. The van der Waals surface area contributed by atoms with E-state index in [9.17, 15) is 9.90 Å². The summed E-state index contributed by atoms with van der Waals surface area (Å²) in [5.41, 5.74) is 3.73. The smallest absolute Gasteiger partial charge is 0.338 e. The topological polar surface area (TPSA) is 75.5 Å². The number of hydrogen-bond acceptors (Lipinski definition) is 5. The third kappa shape index (κ3) is 5.15. The van der Waals surface area contributed by atoms with Crippen LogP contribution in [0.4, 0.5) is 11.6 Å². The van der Waals surface area contributed by atoms with E-state index in [0.717, 1.165) is 30.7 Å². The first-order valence-corrected chi connectivity index (χ1v) is 12.1. The molecule has 6 nitrogen and oxygen atoms in total. The van der Waals surface area contributed by atoms with Crippen LogP contribution in [0.2, 0.25) is 0 Å². The van der Waals surface area contributed by atoms with E-state index in [1.54, 1.807) is 0 Å². The highest BCUT2D eigenvalue weighted by Gasteiger charge is 2.43. The summed E-state index contributed by atoms with van der Waals surface area (Å²) in [4.78, 5) is 21.7. The molecule has 0 fully saturated rings. The van der Waals surface area contributed by atoms with E-state index < -0.39 is 5.97 Å². The van der Waals surface area contributed by atoms with Crippen LogP contribution in [0.3, 0.4) is 0 Å². The Labute approximate surface area is 198 Å². The molecule has 0 amide bonds. The number of fused-ring (bicyclic) bond motifs is 1. The minimum atomic E-state index is -1.04. The van der Waals surface area contributed by atoms with Crippen LogP contribution in [0.5, 0.6) is 5.75 Å². The summed E-state index contributed by atoms with van der Waals surface area (Å²) in [6.45, 7) is 14.5. The molecule has 0 radical (unpaired) electrons. The molecule has 1 aliphatic rings. The van der Waals surface area contributed by atoms with Crippen molar-refractivity contribution in [1.29, 1.82) is 0 Å². The Hall–Kier alpha value is -2.63. The van der Waals surface area contributed by atoms with E-state index in [4.69, 9.17) is 4.74 Å². The number of unbranched alkanes of at least 4 members (excludes halogenated alkanes) is 3. The van der Waals surface area contributed by atoms with Gasteiger partial charge in [-0.15, -0.1) is 0 Å². The monoisotopic (exact) mass is 453 g/mol. The number of aromatic nitrogens is 2. The fourth-order valence-corrected chi connectivity index (χ4v) is 4.86. The number of carbonyl (C=O) groups is 1. The predicted molar refractivity (Wildman–Crippen MR) is 133 cm³/mol. The average Bonchev–Trinajstić information content (AvgIpc) is 2.77. The third-order valence-corrected chi connectivity index (χ3v) is 7.37. The van der Waals surface area contributed by atoms with E-state index in [1.807, 2.05) is 11.9 Å². The van der Waals surface area contributed by atoms with Gasteiger partial charge in [0, 0.05) is 19.4 Å². The lowest BCUT2D eigenvalue weighted by Crippen LogP contribution is -2.40. The molecule has 1 N–H and O–H groups in total. The molecular weight excluding hydrogens is 414 g/mol. The van der Waals surface area contributed by atoms with Crippen LogP contribution in [0.25, 0.3) is 0 Å². The first kappa shape index (κ1) is 25.0. The highest BCUT2D eigenvalue weighted by atomic mass is 16.5. The zero-order chi connectivity index (χ0) is 24.4. The molecule has 1 aromatic heterocycles. The summed E-state index contributed by atoms with van der Waals surface area (Å²) in [6.07, 6.45) is 8.39. The van der Waals surface area contributed by atoms with Gasteiger partial charge in [0.25, 0.3) is 0 Å². The molecule has 3 rings (SSSR count). The van der Waals surface area contributed by atoms with E-state index >= 15 is 0 Å². The molecule has 6 heteroatoms. The molecule has 0 bridgehead atoms. The van der Waals surface area contributed by atoms with Crippen LogP contribution in [-0.4, -0.2) is 34.7 Å². The number of nitrogens with zero attached hydrogens (tertiary/aromatic N) is 3. The van der Waals surface area contributed by atoms with Crippen molar-refractivity contribution < 1.29 is 14.6 Å². The van der Waals surface area contributed by atoms with Gasteiger partial charge in [-0.25, -0.2) is 14.8 Å². The van der Waals surface area contributed by atoms with Crippen molar-refractivity contribution in [2.45, 2.75) is 84.5 Å². The molecule has 1 atom stereocenters. The zero-order valence-corrected chi connectivity index (χ0v) is 21.2. The second-order valence-corrected chi connectivity index (χ2v) is 10.6. The SMILES string of the molecule is CCCCCCOc1cc2c(cc1N(C)c1ncc(C(=O)O)cn1)C(C)(C)C(C)CC2(C)C. The van der Waals surface area contributed by atoms with Gasteiger partial charge >= 0.3 is 5.97 Å². The maximum atomic E-state index is 11.2. The fraction of sp³-hybridized carbons (Fsp3) is 0.593. The average molecular weight is 454 g/mol. The van der Waals surface area contributed by atoms with Gasteiger partial charge in [0.15, 0.2) is 0 Å². The van der Waals surface area contributed by atoms with Crippen molar-refractivity contribution >= 4 is 17.6 Å². The van der Waals surface area contributed by atoms with Gasteiger partial charge in [-0.3, -0.25) is 0 Å². The third-order valence-electron chi connectivity index (χ3n) is 7.37. The van der Waals surface area contributed by atoms with Crippen LogP contribution in [0.15, 0.2) is 24.5 Å². The van der Waals surface area contributed by atoms with Crippen molar-refractivity contribution in [3.63, 3.8) is 0 Å². The Balaban J connectivity index is 2.05. The molecule has 0 aliphatic heterocycles. The standard InChI is InChI=1S/C27H39N3O3/c1-8-9-10-11-12-33-23-14-20-21(27(5,6)18(2)15-26(20,3)4)13-22(23)30(7)25-28-16-19(17-29-25)24(31)32/h13-14,16-18H,8-12,15H2,1-7H3,(H,31,32). The molecule has 33 heavy (non-hydrogen) atoms. The normalized spacial score (nSPS) is 18.5. The van der Waals surface area contributed by atoms with Crippen molar-refractivity contribution in [3.05, 3.63) is 41.2 Å². The summed E-state index contributed by atoms with van der Waals surface area (Å²) >= 11 is 0. The zero-order valence-electron chi connectivity index (χ0n) is 21.2. The highest BCUT2D eigenvalue weighted by Crippen LogP contribution is 2.52. The Morgan fingerprint density at radius 1 is 1.12 bits per heavy atom. The van der Waals surface area contributed by atoms with Gasteiger partial charge in [0.05, 0.1) is 17.9 Å². The number of hydrogen-bond donors (Lipinski definition) is 1. The van der Waals surface area contributed by atoms with Crippen LogP contribution in [-0.2, 0) is 10.8 Å². The minimum absolute atomic E-state index is 0.0219. The van der Waals surface area contributed by atoms with Gasteiger partial charge in [-0.1, -0.05) is 60.8 Å². The molecule has 0 saturated heterocycles. The number of anilines is 2. The number of benzene rings is 1. The number of aromatic carboxylic acids is 1. The summed E-state index contributed by atoms with van der Waals surface area (Å²) < 4.78 is 6.35. The molecular formula is C27H39N3O3. The molecule has 2 aromatic rings. The van der Waals surface area contributed by atoms with Gasteiger partial charge in [0.1, 0.15) is 5.75 Å². The Morgan fingerprint density at radius 2 is 1.79 bits per heavy atom. The molecule has 1 heterocycles.